The summed E-state index contributed by atoms with van der Waals surface area (Å²) < 4.78 is 5.07. The summed E-state index contributed by atoms with van der Waals surface area (Å²) in [4.78, 5) is 14.3. The molecule has 0 fully saturated rings. The van der Waals surface area contributed by atoms with Gasteiger partial charge in [-0.05, 0) is 22.0 Å². The molecule has 0 bridgehead atoms. The smallest absolute Gasteiger partial charge is 0.338 e. The monoisotopic (exact) mass is 231 g/mol. The lowest BCUT2D eigenvalue weighted by Gasteiger charge is -2.00. The molecule has 0 radical (unpaired) electrons. The van der Waals surface area contributed by atoms with Crippen molar-refractivity contribution in [2.24, 2.45) is 0 Å². The molecule has 0 aliphatic rings. The third kappa shape index (κ3) is 1.73. The number of carboxylic acid groups (broad SMARTS) is 1. The Labute approximate surface area is 77.3 Å². The quantitative estimate of drug-likeness (QED) is 0.786. The van der Waals surface area contributed by atoms with Crippen molar-refractivity contribution >= 4 is 21.9 Å². The number of hydrogen-bond acceptors (Lipinski definition) is 3. The molecule has 64 valence electrons. The van der Waals surface area contributed by atoms with Gasteiger partial charge in [0.2, 0.25) is 5.88 Å². The van der Waals surface area contributed by atoms with Crippen molar-refractivity contribution < 1.29 is 14.6 Å². The average molecular weight is 232 g/mol. The first-order valence-corrected chi connectivity index (χ1v) is 3.88. The van der Waals surface area contributed by atoms with Crippen molar-refractivity contribution in [3.63, 3.8) is 0 Å². The van der Waals surface area contributed by atoms with Crippen molar-refractivity contribution in [3.05, 3.63) is 22.3 Å². The van der Waals surface area contributed by atoms with Gasteiger partial charge in [-0.1, -0.05) is 0 Å². The van der Waals surface area contributed by atoms with E-state index in [9.17, 15) is 4.79 Å². The van der Waals surface area contributed by atoms with Gasteiger partial charge in [-0.15, -0.1) is 0 Å². The van der Waals surface area contributed by atoms with Gasteiger partial charge in [-0.2, -0.15) is 0 Å². The molecule has 0 atom stereocenters. The normalized spacial score (nSPS) is 9.50. The van der Waals surface area contributed by atoms with E-state index in [1.165, 1.54) is 19.2 Å². The number of nitrogens with zero attached hydrogens (tertiary/aromatic N) is 1. The van der Waals surface area contributed by atoms with Gasteiger partial charge in [-0.3, -0.25) is 0 Å². The second-order valence-electron chi connectivity index (χ2n) is 2.00. The largest absolute Gasteiger partial charge is 0.481 e. The average Bonchev–Trinajstić information content (AvgIpc) is 2.03. The van der Waals surface area contributed by atoms with E-state index in [0.29, 0.717) is 5.88 Å². The van der Waals surface area contributed by atoms with Crippen LogP contribution in [0.1, 0.15) is 10.4 Å². The van der Waals surface area contributed by atoms with Crippen LogP contribution in [0.15, 0.2) is 16.7 Å². The summed E-state index contributed by atoms with van der Waals surface area (Å²) in [6, 6.07) is 2.92. The van der Waals surface area contributed by atoms with Gasteiger partial charge in [0.25, 0.3) is 0 Å². The molecular formula is C7H6BrNO3. The molecular weight excluding hydrogens is 226 g/mol. The van der Waals surface area contributed by atoms with Crippen LogP contribution in [0, 0.1) is 0 Å². The maximum Gasteiger partial charge on any atom is 0.338 e. The number of carbonyl (C=O) groups is 1. The summed E-state index contributed by atoms with van der Waals surface area (Å²) in [6.45, 7) is 0. The second-order valence-corrected chi connectivity index (χ2v) is 2.75. The lowest BCUT2D eigenvalue weighted by Crippen LogP contribution is -1.99. The standard InChI is InChI=1S/C7H6BrNO3/c1-12-5-3-2-4(7(10)11)6(8)9-5/h2-3H,1H3,(H,10,11). The maximum absolute atomic E-state index is 10.5. The third-order valence-electron chi connectivity index (χ3n) is 1.26. The van der Waals surface area contributed by atoms with Crippen LogP contribution >= 0.6 is 15.9 Å². The fourth-order valence-electron chi connectivity index (χ4n) is 0.691. The van der Waals surface area contributed by atoms with E-state index in [4.69, 9.17) is 9.84 Å². The van der Waals surface area contributed by atoms with Crippen molar-refractivity contribution in [2.75, 3.05) is 7.11 Å². The highest BCUT2D eigenvalue weighted by Gasteiger charge is 2.09. The highest BCUT2D eigenvalue weighted by atomic mass is 79.9. The van der Waals surface area contributed by atoms with Crippen LogP contribution in [0.5, 0.6) is 5.88 Å². The number of pyridine rings is 1. The highest BCUT2D eigenvalue weighted by Crippen LogP contribution is 2.17. The molecule has 5 heteroatoms. The van der Waals surface area contributed by atoms with Crippen LogP contribution in [0.25, 0.3) is 0 Å². The van der Waals surface area contributed by atoms with E-state index in [1.807, 2.05) is 0 Å². The van der Waals surface area contributed by atoms with Crippen LogP contribution < -0.4 is 4.74 Å². The number of ether oxygens (including phenoxy) is 1. The summed E-state index contributed by atoms with van der Waals surface area (Å²) >= 11 is 3.02. The number of hydrogen-bond donors (Lipinski definition) is 1. The van der Waals surface area contributed by atoms with E-state index >= 15 is 0 Å². The molecule has 0 amide bonds. The number of aromatic nitrogens is 1. The number of aromatic carboxylic acids is 1. The molecule has 0 saturated carbocycles. The molecule has 0 aliphatic carbocycles. The van der Waals surface area contributed by atoms with E-state index in [0.717, 1.165) is 0 Å². The minimum atomic E-state index is -1.02. The van der Waals surface area contributed by atoms with Gasteiger partial charge in [0, 0.05) is 6.07 Å². The van der Waals surface area contributed by atoms with Crippen LogP contribution in [0.4, 0.5) is 0 Å². The Morgan fingerprint density at radius 3 is 2.75 bits per heavy atom. The van der Waals surface area contributed by atoms with Gasteiger partial charge >= 0.3 is 5.97 Å². The van der Waals surface area contributed by atoms with Crippen LogP contribution in [0.2, 0.25) is 0 Å². The first kappa shape index (κ1) is 8.99. The molecule has 1 aromatic rings. The zero-order valence-electron chi connectivity index (χ0n) is 6.24. The zero-order valence-corrected chi connectivity index (χ0v) is 7.83. The Bertz CT molecular complexity index is 314. The highest BCUT2D eigenvalue weighted by molar-refractivity contribution is 9.10. The molecule has 0 aromatic carbocycles. The van der Waals surface area contributed by atoms with Crippen molar-refractivity contribution in [2.45, 2.75) is 0 Å². The zero-order chi connectivity index (χ0) is 9.14. The molecule has 1 aromatic heterocycles. The van der Waals surface area contributed by atoms with Crippen molar-refractivity contribution in [3.8, 4) is 5.88 Å². The number of halogens is 1. The van der Waals surface area contributed by atoms with Crippen LogP contribution in [-0.2, 0) is 0 Å². The van der Waals surface area contributed by atoms with Gasteiger partial charge in [0.1, 0.15) is 4.60 Å². The molecule has 1 N–H and O–H groups in total. The lowest BCUT2D eigenvalue weighted by molar-refractivity contribution is 0.0695. The Kier molecular flexibility index (Phi) is 2.65. The van der Waals surface area contributed by atoms with E-state index in [2.05, 4.69) is 20.9 Å². The molecule has 0 spiro atoms. The summed E-state index contributed by atoms with van der Waals surface area (Å²) in [7, 11) is 1.47. The molecule has 4 nitrogen and oxygen atoms in total. The fourth-order valence-corrected chi connectivity index (χ4v) is 1.17. The third-order valence-corrected chi connectivity index (χ3v) is 1.87. The second kappa shape index (κ2) is 3.53. The van der Waals surface area contributed by atoms with E-state index in [-0.39, 0.29) is 10.2 Å². The summed E-state index contributed by atoms with van der Waals surface area (Å²) in [5, 5.41) is 8.62. The number of rotatable bonds is 2. The summed E-state index contributed by atoms with van der Waals surface area (Å²) in [6.07, 6.45) is 0. The maximum atomic E-state index is 10.5. The predicted molar refractivity (Wildman–Crippen MR) is 45.4 cm³/mol. The van der Waals surface area contributed by atoms with Crippen molar-refractivity contribution in [1.29, 1.82) is 0 Å². The van der Waals surface area contributed by atoms with Gasteiger partial charge in [0.05, 0.1) is 12.7 Å². The van der Waals surface area contributed by atoms with Gasteiger partial charge < -0.3 is 9.84 Å². The van der Waals surface area contributed by atoms with Crippen LogP contribution in [0.3, 0.4) is 0 Å². The first-order valence-electron chi connectivity index (χ1n) is 3.09. The van der Waals surface area contributed by atoms with Crippen molar-refractivity contribution in [1.82, 2.24) is 4.98 Å². The predicted octanol–water partition coefficient (Wildman–Crippen LogP) is 1.55. The molecule has 0 aliphatic heterocycles. The van der Waals surface area contributed by atoms with Gasteiger partial charge in [-0.25, -0.2) is 9.78 Å². The Morgan fingerprint density at radius 1 is 1.67 bits per heavy atom. The molecule has 0 unspecified atom stereocenters. The molecule has 1 rings (SSSR count). The van der Waals surface area contributed by atoms with E-state index < -0.39 is 5.97 Å². The van der Waals surface area contributed by atoms with E-state index in [1.54, 1.807) is 0 Å². The number of carboxylic acids is 1. The summed E-state index contributed by atoms with van der Waals surface area (Å²) in [5.41, 5.74) is 0.121. The lowest BCUT2D eigenvalue weighted by atomic mass is 10.3. The topological polar surface area (TPSA) is 59.4 Å². The first-order chi connectivity index (χ1) is 5.65. The van der Waals surface area contributed by atoms with Gasteiger partial charge in [0.15, 0.2) is 0 Å². The molecule has 12 heavy (non-hydrogen) atoms. The minimum Gasteiger partial charge on any atom is -0.481 e. The Balaban J connectivity index is 3.12. The SMILES string of the molecule is COc1ccc(C(=O)O)c(Br)n1. The van der Waals surface area contributed by atoms with Crippen LogP contribution in [-0.4, -0.2) is 23.2 Å². The Morgan fingerprint density at radius 2 is 2.33 bits per heavy atom. The summed E-state index contributed by atoms with van der Waals surface area (Å²) in [5.74, 6) is -0.635. The number of methoxy groups -OCH3 is 1. The fraction of sp³-hybridized carbons (Fsp3) is 0.143. The minimum absolute atomic E-state index is 0.121. The Hall–Kier alpha value is -1.10. The molecule has 0 saturated heterocycles. The molecule has 1 heterocycles.